The molecule has 0 aromatic carbocycles. The fraction of sp³-hybridized carbons (Fsp3) is 0.583. The van der Waals surface area contributed by atoms with Gasteiger partial charge in [-0.1, -0.05) is 12.2 Å². The van der Waals surface area contributed by atoms with E-state index in [2.05, 4.69) is 13.2 Å². The number of rotatable bonds is 5. The summed E-state index contributed by atoms with van der Waals surface area (Å²) in [7, 11) is 0. The minimum atomic E-state index is -0.556. The Hall–Kier alpha value is -1.09. The van der Waals surface area contributed by atoms with E-state index in [4.69, 9.17) is 9.84 Å². The average molecular weight is 210 g/mol. The van der Waals surface area contributed by atoms with E-state index < -0.39 is 12.6 Å². The number of ether oxygens (including phenoxy) is 1. The lowest BCUT2D eigenvalue weighted by molar-refractivity contribution is -0.148. The van der Waals surface area contributed by atoms with Crippen molar-refractivity contribution in [3.8, 4) is 0 Å². The van der Waals surface area contributed by atoms with Gasteiger partial charge in [-0.3, -0.25) is 0 Å². The topological polar surface area (TPSA) is 46.5 Å². The third-order valence-corrected chi connectivity index (χ3v) is 3.01. The van der Waals surface area contributed by atoms with E-state index in [9.17, 15) is 4.79 Å². The van der Waals surface area contributed by atoms with Crippen molar-refractivity contribution in [2.24, 2.45) is 17.8 Å². The molecular weight excluding hydrogens is 192 g/mol. The first-order valence-electron chi connectivity index (χ1n) is 5.22. The van der Waals surface area contributed by atoms with Crippen molar-refractivity contribution >= 4 is 5.97 Å². The number of allylic oxidation sites excluding steroid dienone is 2. The van der Waals surface area contributed by atoms with Gasteiger partial charge in [0.2, 0.25) is 0 Å². The molecule has 3 unspecified atom stereocenters. The van der Waals surface area contributed by atoms with Crippen molar-refractivity contribution in [2.75, 3.05) is 13.2 Å². The Bertz CT molecular complexity index is 247. The predicted octanol–water partition coefficient (Wildman–Crippen LogP) is 1.54. The van der Waals surface area contributed by atoms with E-state index in [1.165, 1.54) is 0 Å². The van der Waals surface area contributed by atoms with Gasteiger partial charge in [-0.15, -0.1) is 13.2 Å². The zero-order valence-electron chi connectivity index (χ0n) is 8.89. The quantitative estimate of drug-likeness (QED) is 0.553. The van der Waals surface area contributed by atoms with Crippen molar-refractivity contribution < 1.29 is 14.6 Å². The monoisotopic (exact) mass is 210 g/mol. The predicted molar refractivity (Wildman–Crippen MR) is 58.1 cm³/mol. The lowest BCUT2D eigenvalue weighted by atomic mass is 9.97. The summed E-state index contributed by atoms with van der Waals surface area (Å²) in [6, 6.07) is 0. The van der Waals surface area contributed by atoms with Crippen LogP contribution in [0.15, 0.2) is 25.3 Å². The van der Waals surface area contributed by atoms with Gasteiger partial charge in [0, 0.05) is 0 Å². The smallest absolute Gasteiger partial charge is 0.331 e. The summed E-state index contributed by atoms with van der Waals surface area (Å²) in [5.74, 6) is 0.645. The number of carbonyl (C=O) groups excluding carboxylic acids is 1. The second-order valence-corrected chi connectivity index (χ2v) is 3.97. The Balaban J connectivity index is 2.42. The second-order valence-electron chi connectivity index (χ2n) is 3.97. The molecule has 0 saturated heterocycles. The second kappa shape index (κ2) is 5.71. The Labute approximate surface area is 90.4 Å². The molecule has 3 atom stereocenters. The van der Waals surface area contributed by atoms with Crippen LogP contribution in [0.3, 0.4) is 0 Å². The lowest BCUT2D eigenvalue weighted by Crippen LogP contribution is -2.18. The minimum Gasteiger partial charge on any atom is -0.464 e. The van der Waals surface area contributed by atoms with Crippen LogP contribution in [0.1, 0.15) is 12.8 Å². The summed E-state index contributed by atoms with van der Waals surface area (Å²) in [4.78, 5) is 10.8. The molecule has 0 aromatic heterocycles. The van der Waals surface area contributed by atoms with Crippen molar-refractivity contribution in [3.63, 3.8) is 0 Å². The van der Waals surface area contributed by atoms with Gasteiger partial charge in [-0.25, -0.2) is 4.79 Å². The highest BCUT2D eigenvalue weighted by molar-refractivity contribution is 5.70. The lowest BCUT2D eigenvalue weighted by Gasteiger charge is -2.15. The van der Waals surface area contributed by atoms with Gasteiger partial charge in [0.05, 0.1) is 6.61 Å². The summed E-state index contributed by atoms with van der Waals surface area (Å²) < 4.78 is 4.93. The normalized spacial score (nSPS) is 29.8. The molecule has 15 heavy (non-hydrogen) atoms. The number of esters is 1. The molecule has 84 valence electrons. The highest BCUT2D eigenvalue weighted by Crippen LogP contribution is 2.37. The van der Waals surface area contributed by atoms with Crippen LogP contribution in [0.25, 0.3) is 0 Å². The Morgan fingerprint density at radius 1 is 1.40 bits per heavy atom. The van der Waals surface area contributed by atoms with Gasteiger partial charge >= 0.3 is 5.97 Å². The van der Waals surface area contributed by atoms with Gasteiger partial charge in [-0.05, 0) is 30.6 Å². The summed E-state index contributed by atoms with van der Waals surface area (Å²) >= 11 is 0. The standard InChI is InChI=1S/C12H18O3/c1-3-9-5-10(4-2)11(6-9)8-15-12(14)7-13/h3-4,9-11,13H,1-2,5-8H2. The maximum atomic E-state index is 10.8. The number of carbonyl (C=O) groups is 1. The SMILES string of the molecule is C=CC1CC(C=C)C(COC(=O)CO)C1. The molecule has 0 heterocycles. The van der Waals surface area contributed by atoms with Gasteiger partial charge < -0.3 is 9.84 Å². The molecule has 1 saturated carbocycles. The van der Waals surface area contributed by atoms with Gasteiger partial charge in [0.1, 0.15) is 6.61 Å². The first-order chi connectivity index (χ1) is 7.21. The average Bonchev–Trinajstić information content (AvgIpc) is 2.68. The van der Waals surface area contributed by atoms with Gasteiger partial charge in [0.25, 0.3) is 0 Å². The van der Waals surface area contributed by atoms with Crippen LogP contribution < -0.4 is 0 Å². The van der Waals surface area contributed by atoms with Crippen LogP contribution in [0.2, 0.25) is 0 Å². The van der Waals surface area contributed by atoms with Crippen LogP contribution in [0.5, 0.6) is 0 Å². The van der Waals surface area contributed by atoms with E-state index >= 15 is 0 Å². The van der Waals surface area contributed by atoms with Crippen LogP contribution in [-0.4, -0.2) is 24.3 Å². The number of aliphatic hydroxyl groups is 1. The van der Waals surface area contributed by atoms with E-state index in [1.807, 2.05) is 12.2 Å². The largest absolute Gasteiger partial charge is 0.464 e. The van der Waals surface area contributed by atoms with Crippen LogP contribution in [0, 0.1) is 17.8 Å². The number of hydrogen-bond acceptors (Lipinski definition) is 3. The molecule has 1 fully saturated rings. The van der Waals surface area contributed by atoms with E-state index in [0.717, 1.165) is 12.8 Å². The summed E-state index contributed by atoms with van der Waals surface area (Å²) in [5.41, 5.74) is 0. The number of hydrogen-bond donors (Lipinski definition) is 1. The molecule has 1 aliphatic rings. The minimum absolute atomic E-state index is 0.320. The fourth-order valence-corrected chi connectivity index (χ4v) is 2.12. The van der Waals surface area contributed by atoms with Crippen LogP contribution in [-0.2, 0) is 9.53 Å². The van der Waals surface area contributed by atoms with Crippen LogP contribution >= 0.6 is 0 Å². The van der Waals surface area contributed by atoms with Crippen molar-refractivity contribution in [1.82, 2.24) is 0 Å². The summed E-state index contributed by atoms with van der Waals surface area (Å²) in [6.07, 6.45) is 5.89. The van der Waals surface area contributed by atoms with Gasteiger partial charge in [0.15, 0.2) is 0 Å². The molecule has 3 nitrogen and oxygen atoms in total. The number of aliphatic hydroxyl groups excluding tert-OH is 1. The third kappa shape index (κ3) is 3.20. The van der Waals surface area contributed by atoms with Crippen molar-refractivity contribution in [1.29, 1.82) is 0 Å². The van der Waals surface area contributed by atoms with Crippen molar-refractivity contribution in [2.45, 2.75) is 12.8 Å². The van der Waals surface area contributed by atoms with E-state index in [-0.39, 0.29) is 0 Å². The first-order valence-corrected chi connectivity index (χ1v) is 5.22. The zero-order chi connectivity index (χ0) is 11.3. The van der Waals surface area contributed by atoms with E-state index in [1.54, 1.807) is 0 Å². The molecule has 0 radical (unpaired) electrons. The Morgan fingerprint density at radius 2 is 2.13 bits per heavy atom. The first kappa shape index (κ1) is 12.0. The highest BCUT2D eigenvalue weighted by Gasteiger charge is 2.31. The summed E-state index contributed by atoms with van der Waals surface area (Å²) in [6.45, 7) is 7.39. The zero-order valence-corrected chi connectivity index (χ0v) is 8.89. The van der Waals surface area contributed by atoms with Crippen molar-refractivity contribution in [3.05, 3.63) is 25.3 Å². The Morgan fingerprint density at radius 3 is 2.67 bits per heavy atom. The highest BCUT2D eigenvalue weighted by atomic mass is 16.5. The summed E-state index contributed by atoms with van der Waals surface area (Å²) in [5, 5.41) is 8.52. The molecule has 3 heteroatoms. The molecule has 0 aromatic rings. The van der Waals surface area contributed by atoms with Crippen LogP contribution in [0.4, 0.5) is 0 Å². The third-order valence-electron chi connectivity index (χ3n) is 3.01. The van der Waals surface area contributed by atoms with Gasteiger partial charge in [-0.2, -0.15) is 0 Å². The molecule has 0 amide bonds. The molecule has 1 aliphatic carbocycles. The molecule has 0 bridgehead atoms. The van der Waals surface area contributed by atoms with E-state index in [0.29, 0.717) is 24.4 Å². The molecule has 1 N–H and O–H groups in total. The maximum Gasteiger partial charge on any atom is 0.331 e. The molecule has 0 aliphatic heterocycles. The Kier molecular flexibility index (Phi) is 4.56. The fourth-order valence-electron chi connectivity index (χ4n) is 2.12. The molecular formula is C12H18O3. The molecule has 1 rings (SSSR count). The molecule has 0 spiro atoms. The maximum absolute atomic E-state index is 10.8.